The molecule has 1 fully saturated rings. The molecule has 1 aromatic carbocycles. The van der Waals surface area contributed by atoms with Crippen LogP contribution < -0.4 is 0 Å². The molecule has 0 heterocycles. The van der Waals surface area contributed by atoms with Gasteiger partial charge in [0.2, 0.25) is 0 Å². The summed E-state index contributed by atoms with van der Waals surface area (Å²) in [4.78, 5) is 22.8. The maximum atomic E-state index is 11.7. The van der Waals surface area contributed by atoms with Gasteiger partial charge in [0, 0.05) is 11.6 Å². The van der Waals surface area contributed by atoms with Gasteiger partial charge in [-0.25, -0.2) is 4.79 Å². The molecular weight excluding hydrogens is 252 g/mol. The molecule has 106 valence electrons. The molecule has 1 aliphatic rings. The molecular formula is C17H20O3. The zero-order valence-electron chi connectivity index (χ0n) is 11.8. The van der Waals surface area contributed by atoms with Crippen LogP contribution in [0.1, 0.15) is 54.9 Å². The van der Waals surface area contributed by atoms with Crippen molar-refractivity contribution < 1.29 is 14.3 Å². The highest BCUT2D eigenvalue weighted by atomic mass is 16.5. The maximum absolute atomic E-state index is 11.7. The van der Waals surface area contributed by atoms with E-state index in [4.69, 9.17) is 4.74 Å². The van der Waals surface area contributed by atoms with E-state index in [1.165, 1.54) is 19.4 Å². The van der Waals surface area contributed by atoms with E-state index in [2.05, 4.69) is 0 Å². The number of ketones is 1. The first-order chi connectivity index (χ1) is 9.65. The second-order valence-electron chi connectivity index (χ2n) is 5.21. The Morgan fingerprint density at radius 2 is 1.75 bits per heavy atom. The Labute approximate surface area is 119 Å². The summed E-state index contributed by atoms with van der Waals surface area (Å²) in [6.45, 7) is 1.53. The predicted molar refractivity (Wildman–Crippen MR) is 78.4 cm³/mol. The van der Waals surface area contributed by atoms with Gasteiger partial charge in [-0.15, -0.1) is 0 Å². The lowest BCUT2D eigenvalue weighted by atomic mass is 9.98. The number of Topliss-reactive ketones (excluding diaryl/α,β-unsaturated/α-hetero) is 1. The molecule has 0 N–H and O–H groups in total. The van der Waals surface area contributed by atoms with Crippen LogP contribution in [-0.4, -0.2) is 17.9 Å². The number of ether oxygens (including phenoxy) is 1. The lowest BCUT2D eigenvalue weighted by Crippen LogP contribution is -2.19. The smallest absolute Gasteiger partial charge is 0.331 e. The van der Waals surface area contributed by atoms with Crippen LogP contribution >= 0.6 is 0 Å². The topological polar surface area (TPSA) is 43.4 Å². The van der Waals surface area contributed by atoms with Gasteiger partial charge >= 0.3 is 5.97 Å². The van der Waals surface area contributed by atoms with Crippen molar-refractivity contribution >= 4 is 17.8 Å². The van der Waals surface area contributed by atoms with Gasteiger partial charge in [0.05, 0.1) is 0 Å². The van der Waals surface area contributed by atoms with Crippen LogP contribution in [0.3, 0.4) is 0 Å². The van der Waals surface area contributed by atoms with Crippen molar-refractivity contribution in [2.24, 2.45) is 0 Å². The Kier molecular flexibility index (Phi) is 5.10. The molecule has 1 aromatic rings. The number of benzene rings is 1. The van der Waals surface area contributed by atoms with Crippen LogP contribution in [0.4, 0.5) is 0 Å². The van der Waals surface area contributed by atoms with Gasteiger partial charge in [0.1, 0.15) is 6.10 Å². The summed E-state index contributed by atoms with van der Waals surface area (Å²) in [7, 11) is 0. The van der Waals surface area contributed by atoms with E-state index >= 15 is 0 Å². The number of rotatable bonds is 4. The number of esters is 1. The summed E-state index contributed by atoms with van der Waals surface area (Å²) < 4.78 is 5.40. The van der Waals surface area contributed by atoms with Crippen LogP contribution in [0.15, 0.2) is 30.3 Å². The molecule has 2 rings (SSSR count). The van der Waals surface area contributed by atoms with Gasteiger partial charge in [-0.05, 0) is 44.2 Å². The summed E-state index contributed by atoms with van der Waals surface area (Å²) in [6, 6.07) is 7.16. The molecule has 0 saturated heterocycles. The third-order valence-electron chi connectivity index (χ3n) is 3.56. The number of hydrogen-bond donors (Lipinski definition) is 0. The molecule has 3 heteroatoms. The minimum absolute atomic E-state index is 0.0391. The van der Waals surface area contributed by atoms with E-state index in [1.54, 1.807) is 18.2 Å². The van der Waals surface area contributed by atoms with E-state index in [9.17, 15) is 9.59 Å². The monoisotopic (exact) mass is 272 g/mol. The van der Waals surface area contributed by atoms with E-state index in [0.717, 1.165) is 31.2 Å². The summed E-state index contributed by atoms with van der Waals surface area (Å²) in [5.74, 6) is -0.246. The second kappa shape index (κ2) is 7.04. The molecule has 3 nitrogen and oxygen atoms in total. The number of hydrogen-bond acceptors (Lipinski definition) is 3. The van der Waals surface area contributed by atoms with Gasteiger partial charge in [0.15, 0.2) is 5.78 Å². The largest absolute Gasteiger partial charge is 0.459 e. The normalized spacial score (nSPS) is 16.2. The number of carbonyl (C=O) groups excluding carboxylic acids is 2. The third-order valence-corrected chi connectivity index (χ3v) is 3.56. The molecule has 0 aromatic heterocycles. The van der Waals surface area contributed by atoms with Crippen LogP contribution in [0.5, 0.6) is 0 Å². The van der Waals surface area contributed by atoms with Gasteiger partial charge in [-0.2, -0.15) is 0 Å². The Hall–Kier alpha value is -1.90. The molecule has 20 heavy (non-hydrogen) atoms. The Morgan fingerprint density at radius 3 is 2.35 bits per heavy atom. The fourth-order valence-corrected chi connectivity index (χ4v) is 2.38. The molecule has 0 bridgehead atoms. The molecule has 0 radical (unpaired) electrons. The lowest BCUT2D eigenvalue weighted by molar-refractivity contribution is -0.144. The molecule has 0 atom stereocenters. The molecule has 1 aliphatic carbocycles. The van der Waals surface area contributed by atoms with Gasteiger partial charge < -0.3 is 4.74 Å². The minimum Gasteiger partial charge on any atom is -0.459 e. The quantitative estimate of drug-likeness (QED) is 0.476. The fraction of sp³-hybridized carbons (Fsp3) is 0.412. The van der Waals surface area contributed by atoms with E-state index < -0.39 is 0 Å². The second-order valence-corrected chi connectivity index (χ2v) is 5.21. The van der Waals surface area contributed by atoms with Crippen molar-refractivity contribution in [1.82, 2.24) is 0 Å². The van der Waals surface area contributed by atoms with Crippen LogP contribution in [0.25, 0.3) is 6.08 Å². The first kappa shape index (κ1) is 14.5. The standard InChI is InChI=1S/C17H20O3/c1-13(18)15-10-7-14(8-11-15)9-12-17(19)20-16-5-3-2-4-6-16/h7-12,16H,2-6H2,1H3/b12-9+. The fourth-order valence-electron chi connectivity index (χ4n) is 2.38. The number of carbonyl (C=O) groups is 2. The zero-order chi connectivity index (χ0) is 14.4. The summed E-state index contributed by atoms with van der Waals surface area (Å²) in [5.41, 5.74) is 1.56. The first-order valence-corrected chi connectivity index (χ1v) is 7.15. The summed E-state index contributed by atoms with van der Waals surface area (Å²) in [5, 5.41) is 0. The SMILES string of the molecule is CC(=O)c1ccc(/C=C/C(=O)OC2CCCCC2)cc1. The van der Waals surface area contributed by atoms with Crippen LogP contribution in [-0.2, 0) is 9.53 Å². The van der Waals surface area contributed by atoms with Gasteiger partial charge in [0.25, 0.3) is 0 Å². The molecule has 0 amide bonds. The Bertz CT molecular complexity index is 493. The van der Waals surface area contributed by atoms with E-state index in [1.807, 2.05) is 12.1 Å². The van der Waals surface area contributed by atoms with Crippen LogP contribution in [0.2, 0.25) is 0 Å². The van der Waals surface area contributed by atoms with E-state index in [0.29, 0.717) is 5.56 Å². The maximum Gasteiger partial charge on any atom is 0.331 e. The zero-order valence-corrected chi connectivity index (χ0v) is 11.8. The summed E-state index contributed by atoms with van der Waals surface area (Å²) in [6.07, 6.45) is 8.75. The van der Waals surface area contributed by atoms with Crippen molar-refractivity contribution in [3.05, 3.63) is 41.5 Å². The lowest BCUT2D eigenvalue weighted by Gasteiger charge is -2.20. The van der Waals surface area contributed by atoms with Crippen LogP contribution in [0, 0.1) is 0 Å². The first-order valence-electron chi connectivity index (χ1n) is 7.15. The molecule has 1 saturated carbocycles. The summed E-state index contributed by atoms with van der Waals surface area (Å²) >= 11 is 0. The minimum atomic E-state index is -0.285. The highest BCUT2D eigenvalue weighted by molar-refractivity contribution is 5.94. The van der Waals surface area contributed by atoms with Crippen molar-refractivity contribution in [3.8, 4) is 0 Å². The molecule has 0 spiro atoms. The average Bonchev–Trinajstić information content (AvgIpc) is 2.46. The van der Waals surface area contributed by atoms with Crippen molar-refractivity contribution in [3.63, 3.8) is 0 Å². The highest BCUT2D eigenvalue weighted by Gasteiger charge is 2.16. The van der Waals surface area contributed by atoms with Crippen molar-refractivity contribution in [2.45, 2.75) is 45.1 Å². The predicted octanol–water partition coefficient (Wildman–Crippen LogP) is 3.78. The molecule has 0 aliphatic heterocycles. The van der Waals surface area contributed by atoms with Crippen molar-refractivity contribution in [1.29, 1.82) is 0 Å². The Morgan fingerprint density at radius 1 is 1.10 bits per heavy atom. The highest BCUT2D eigenvalue weighted by Crippen LogP contribution is 2.20. The molecule has 0 unspecified atom stereocenters. The van der Waals surface area contributed by atoms with Gasteiger partial charge in [-0.1, -0.05) is 30.7 Å². The van der Waals surface area contributed by atoms with E-state index in [-0.39, 0.29) is 17.9 Å². The van der Waals surface area contributed by atoms with Crippen molar-refractivity contribution in [2.75, 3.05) is 0 Å². The Balaban J connectivity index is 1.87. The average molecular weight is 272 g/mol. The third kappa shape index (κ3) is 4.34. The van der Waals surface area contributed by atoms with Gasteiger partial charge in [-0.3, -0.25) is 4.79 Å².